The van der Waals surface area contributed by atoms with Gasteiger partial charge in [0, 0.05) is 19.3 Å². The van der Waals surface area contributed by atoms with Crippen LogP contribution in [-0.2, 0) is 6.54 Å². The van der Waals surface area contributed by atoms with Gasteiger partial charge < -0.3 is 15.0 Å². The second-order valence-corrected chi connectivity index (χ2v) is 6.12. The first kappa shape index (κ1) is 19.4. The van der Waals surface area contributed by atoms with Crippen molar-refractivity contribution in [2.45, 2.75) is 20.4 Å². The first-order valence-corrected chi connectivity index (χ1v) is 9.36. The van der Waals surface area contributed by atoms with Crippen LogP contribution in [0.2, 0.25) is 0 Å². The number of aromatic nitrogens is 2. The quantitative estimate of drug-likeness (QED) is 0.635. The molecular weight excluding hydrogens is 352 g/mol. The largest absolute Gasteiger partial charge is 0.492 e. The van der Waals surface area contributed by atoms with Crippen LogP contribution in [0.5, 0.6) is 5.75 Å². The molecule has 3 aromatic rings. The van der Waals surface area contributed by atoms with Crippen LogP contribution in [-0.4, -0.2) is 33.9 Å². The van der Waals surface area contributed by atoms with Gasteiger partial charge in [-0.15, -0.1) is 0 Å². The van der Waals surface area contributed by atoms with Crippen LogP contribution in [0.4, 0.5) is 11.6 Å². The Morgan fingerprint density at radius 2 is 1.79 bits per heavy atom. The molecule has 3 rings (SSSR count). The summed E-state index contributed by atoms with van der Waals surface area (Å²) >= 11 is 0. The molecule has 28 heavy (non-hydrogen) atoms. The Morgan fingerprint density at radius 1 is 1.04 bits per heavy atom. The summed E-state index contributed by atoms with van der Waals surface area (Å²) in [5, 5.41) is 3.14. The van der Waals surface area contributed by atoms with Gasteiger partial charge in [-0.2, -0.15) is 0 Å². The molecule has 0 atom stereocenters. The molecule has 6 nitrogen and oxygen atoms in total. The number of rotatable bonds is 8. The van der Waals surface area contributed by atoms with E-state index in [4.69, 9.17) is 4.74 Å². The Morgan fingerprint density at radius 3 is 2.54 bits per heavy atom. The van der Waals surface area contributed by atoms with Crippen molar-refractivity contribution in [3.8, 4) is 5.75 Å². The lowest BCUT2D eigenvalue weighted by molar-refractivity contribution is 0.0746. The lowest BCUT2D eigenvalue weighted by Crippen LogP contribution is -2.31. The van der Waals surface area contributed by atoms with Crippen molar-refractivity contribution in [2.24, 2.45) is 0 Å². The van der Waals surface area contributed by atoms with Crippen LogP contribution < -0.4 is 10.1 Å². The molecule has 0 aliphatic heterocycles. The molecular formula is C22H24N4O2. The SMILES string of the molecule is CCOc1ccccc1Nc1nccc(C(=O)N(CC)Cc2ccccc2)n1. The number of hydrogen-bond donors (Lipinski definition) is 1. The molecule has 6 heteroatoms. The van der Waals surface area contributed by atoms with E-state index in [9.17, 15) is 4.79 Å². The van der Waals surface area contributed by atoms with Crippen molar-refractivity contribution in [2.75, 3.05) is 18.5 Å². The van der Waals surface area contributed by atoms with Gasteiger partial charge >= 0.3 is 0 Å². The molecule has 1 heterocycles. The Balaban J connectivity index is 1.77. The summed E-state index contributed by atoms with van der Waals surface area (Å²) in [6.07, 6.45) is 1.59. The number of anilines is 2. The van der Waals surface area contributed by atoms with Gasteiger partial charge in [0.1, 0.15) is 11.4 Å². The van der Waals surface area contributed by atoms with Gasteiger partial charge in [-0.3, -0.25) is 4.79 Å². The van der Waals surface area contributed by atoms with E-state index in [0.717, 1.165) is 11.3 Å². The number of ether oxygens (including phenoxy) is 1. The van der Waals surface area contributed by atoms with E-state index in [-0.39, 0.29) is 5.91 Å². The summed E-state index contributed by atoms with van der Waals surface area (Å²) in [5.74, 6) is 0.938. The molecule has 0 aliphatic rings. The lowest BCUT2D eigenvalue weighted by Gasteiger charge is -2.20. The van der Waals surface area contributed by atoms with Gasteiger partial charge in [0.2, 0.25) is 5.95 Å². The van der Waals surface area contributed by atoms with E-state index in [1.807, 2.05) is 68.4 Å². The van der Waals surface area contributed by atoms with Crippen molar-refractivity contribution in [3.63, 3.8) is 0 Å². The molecule has 2 aromatic carbocycles. The average molecular weight is 376 g/mol. The van der Waals surface area contributed by atoms with E-state index in [1.165, 1.54) is 0 Å². The first-order chi connectivity index (χ1) is 13.7. The van der Waals surface area contributed by atoms with Crippen LogP contribution in [0.15, 0.2) is 66.9 Å². The van der Waals surface area contributed by atoms with Gasteiger partial charge in [0.25, 0.3) is 5.91 Å². The molecule has 0 saturated heterocycles. The number of carbonyl (C=O) groups excluding carboxylic acids is 1. The predicted octanol–water partition coefficient (Wildman–Crippen LogP) is 4.28. The minimum Gasteiger partial charge on any atom is -0.492 e. The molecule has 0 spiro atoms. The van der Waals surface area contributed by atoms with Crippen molar-refractivity contribution >= 4 is 17.5 Å². The zero-order valence-electron chi connectivity index (χ0n) is 16.1. The van der Waals surface area contributed by atoms with Gasteiger partial charge in [0.15, 0.2) is 0 Å². The Bertz CT molecular complexity index is 915. The van der Waals surface area contributed by atoms with E-state index >= 15 is 0 Å². The van der Waals surface area contributed by atoms with Gasteiger partial charge in [-0.25, -0.2) is 9.97 Å². The van der Waals surface area contributed by atoms with Crippen molar-refractivity contribution < 1.29 is 9.53 Å². The van der Waals surface area contributed by atoms with Gasteiger partial charge in [0.05, 0.1) is 12.3 Å². The smallest absolute Gasteiger partial charge is 0.272 e. The average Bonchev–Trinajstić information content (AvgIpc) is 2.74. The fourth-order valence-corrected chi connectivity index (χ4v) is 2.80. The first-order valence-electron chi connectivity index (χ1n) is 9.36. The highest BCUT2D eigenvalue weighted by molar-refractivity contribution is 5.92. The number of nitrogens with one attached hydrogen (secondary N) is 1. The highest BCUT2D eigenvalue weighted by Gasteiger charge is 2.17. The fourth-order valence-electron chi connectivity index (χ4n) is 2.80. The summed E-state index contributed by atoms with van der Waals surface area (Å²) in [5.41, 5.74) is 2.19. The predicted molar refractivity (Wildman–Crippen MR) is 110 cm³/mol. The van der Waals surface area contributed by atoms with Crippen molar-refractivity contribution in [1.82, 2.24) is 14.9 Å². The number of para-hydroxylation sites is 2. The second kappa shape index (κ2) is 9.50. The Labute approximate surface area is 165 Å². The molecule has 1 amide bonds. The third-order valence-electron chi connectivity index (χ3n) is 4.19. The summed E-state index contributed by atoms with van der Waals surface area (Å²) < 4.78 is 5.62. The molecule has 0 aliphatic carbocycles. The van der Waals surface area contributed by atoms with Crippen LogP contribution >= 0.6 is 0 Å². The lowest BCUT2D eigenvalue weighted by atomic mass is 10.2. The van der Waals surface area contributed by atoms with E-state index < -0.39 is 0 Å². The highest BCUT2D eigenvalue weighted by Crippen LogP contribution is 2.26. The number of nitrogens with zero attached hydrogens (tertiary/aromatic N) is 3. The van der Waals surface area contributed by atoms with Crippen molar-refractivity contribution in [1.29, 1.82) is 0 Å². The molecule has 144 valence electrons. The standard InChI is InChI=1S/C22H24N4O2/c1-3-26(16-17-10-6-5-7-11-17)21(27)19-14-15-23-22(25-19)24-18-12-8-9-13-20(18)28-4-2/h5-15H,3-4,16H2,1-2H3,(H,23,24,25). The summed E-state index contributed by atoms with van der Waals surface area (Å²) in [6.45, 7) is 5.57. The zero-order valence-corrected chi connectivity index (χ0v) is 16.1. The molecule has 0 unspecified atom stereocenters. The highest BCUT2D eigenvalue weighted by atomic mass is 16.5. The van der Waals surface area contributed by atoms with E-state index in [2.05, 4.69) is 15.3 Å². The van der Waals surface area contributed by atoms with Crippen LogP contribution in [0.25, 0.3) is 0 Å². The number of hydrogen-bond acceptors (Lipinski definition) is 5. The second-order valence-electron chi connectivity index (χ2n) is 6.12. The topological polar surface area (TPSA) is 67.3 Å². The third-order valence-corrected chi connectivity index (χ3v) is 4.19. The summed E-state index contributed by atoms with van der Waals surface area (Å²) in [6, 6.07) is 19.1. The van der Waals surface area contributed by atoms with Gasteiger partial charge in [-0.05, 0) is 37.6 Å². The minimum absolute atomic E-state index is 0.130. The van der Waals surface area contributed by atoms with Gasteiger partial charge in [-0.1, -0.05) is 42.5 Å². The maximum absolute atomic E-state index is 12.9. The van der Waals surface area contributed by atoms with E-state index in [1.54, 1.807) is 17.2 Å². The Kier molecular flexibility index (Phi) is 6.57. The molecule has 1 aromatic heterocycles. The minimum atomic E-state index is -0.130. The molecule has 0 fully saturated rings. The fraction of sp³-hybridized carbons (Fsp3) is 0.227. The summed E-state index contributed by atoms with van der Waals surface area (Å²) in [7, 11) is 0. The van der Waals surface area contributed by atoms with Crippen LogP contribution in [0.3, 0.4) is 0 Å². The maximum Gasteiger partial charge on any atom is 0.272 e. The molecule has 1 N–H and O–H groups in total. The molecule has 0 saturated carbocycles. The zero-order chi connectivity index (χ0) is 19.8. The summed E-state index contributed by atoms with van der Waals surface area (Å²) in [4.78, 5) is 23.3. The maximum atomic E-state index is 12.9. The van der Waals surface area contributed by atoms with Crippen molar-refractivity contribution in [3.05, 3.63) is 78.1 Å². The monoisotopic (exact) mass is 376 g/mol. The normalized spacial score (nSPS) is 10.4. The number of benzene rings is 2. The Hall–Kier alpha value is -3.41. The van der Waals surface area contributed by atoms with E-state index in [0.29, 0.717) is 37.1 Å². The molecule has 0 bridgehead atoms. The molecule has 0 radical (unpaired) electrons. The third kappa shape index (κ3) is 4.85. The number of carbonyl (C=O) groups is 1. The van der Waals surface area contributed by atoms with Crippen LogP contribution in [0, 0.1) is 0 Å². The van der Waals surface area contributed by atoms with Crippen LogP contribution in [0.1, 0.15) is 29.9 Å². The number of amides is 1.